The summed E-state index contributed by atoms with van der Waals surface area (Å²) < 4.78 is 24.0. The van der Waals surface area contributed by atoms with Crippen molar-refractivity contribution < 1.29 is 70.0 Å². The molecule has 2 aliphatic heterocycles. The number of hydrogen-bond acceptors (Lipinski definition) is 14. The zero-order valence-electron chi connectivity index (χ0n) is 34.2. The summed E-state index contributed by atoms with van der Waals surface area (Å²) in [5.41, 5.74) is -1.56. The van der Waals surface area contributed by atoms with Crippen molar-refractivity contribution in [1.29, 1.82) is 0 Å². The van der Waals surface area contributed by atoms with Gasteiger partial charge in [-0.2, -0.15) is 0 Å². The van der Waals surface area contributed by atoms with Crippen molar-refractivity contribution >= 4 is 0 Å². The fourth-order valence-corrected chi connectivity index (χ4v) is 13.8. The molecule has 0 bridgehead atoms. The maximum absolute atomic E-state index is 12.4. The number of hydrogen-bond donors (Lipinski definition) is 10. The predicted octanol–water partition coefficient (Wildman–Crippen LogP) is 0.731. The van der Waals surface area contributed by atoms with Gasteiger partial charge in [0, 0.05) is 16.7 Å². The highest BCUT2D eigenvalue weighted by Gasteiger charge is 2.72. The van der Waals surface area contributed by atoms with Crippen LogP contribution in [0.25, 0.3) is 0 Å². The zero-order valence-corrected chi connectivity index (χ0v) is 34.2. The van der Waals surface area contributed by atoms with E-state index in [1.54, 1.807) is 6.92 Å². The first-order valence-corrected chi connectivity index (χ1v) is 21.0. The average Bonchev–Trinajstić information content (AvgIpc) is 3.14. The van der Waals surface area contributed by atoms with Crippen LogP contribution < -0.4 is 0 Å². The lowest BCUT2D eigenvalue weighted by atomic mass is 9.33. The minimum Gasteiger partial charge on any atom is -0.396 e. The number of rotatable bonds is 7. The summed E-state index contributed by atoms with van der Waals surface area (Å²) in [6.45, 7) is 13.9. The van der Waals surface area contributed by atoms with Gasteiger partial charge < -0.3 is 70.0 Å². The number of aliphatic hydroxyl groups excluding tert-OH is 10. The van der Waals surface area contributed by atoms with E-state index >= 15 is 0 Å². The maximum Gasteiger partial charge on any atom is 0.187 e. The quantitative estimate of drug-likeness (QED) is 0.126. The van der Waals surface area contributed by atoms with Gasteiger partial charge >= 0.3 is 0 Å². The lowest BCUT2D eigenvalue weighted by Crippen LogP contribution is -2.70. The molecule has 0 radical (unpaired) electrons. The molecule has 7 rings (SSSR count). The Kier molecular flexibility index (Phi) is 11.3. The van der Waals surface area contributed by atoms with Gasteiger partial charge in [0.15, 0.2) is 12.6 Å². The maximum atomic E-state index is 12.4. The molecule has 0 spiro atoms. The van der Waals surface area contributed by atoms with E-state index in [0.29, 0.717) is 19.3 Å². The van der Waals surface area contributed by atoms with Crippen LogP contribution >= 0.6 is 0 Å². The molecule has 56 heavy (non-hydrogen) atoms. The molecule has 0 amide bonds. The van der Waals surface area contributed by atoms with Gasteiger partial charge in [0.25, 0.3) is 0 Å². The molecular weight excluding hydrogens is 728 g/mol. The van der Waals surface area contributed by atoms with Gasteiger partial charge in [-0.1, -0.05) is 53.2 Å². The third kappa shape index (κ3) is 6.17. The van der Waals surface area contributed by atoms with Crippen LogP contribution in [0, 0.1) is 50.2 Å². The Morgan fingerprint density at radius 1 is 0.714 bits per heavy atom. The number of allylic oxidation sites excluding steroid dienone is 1. The second kappa shape index (κ2) is 14.7. The topological polar surface area (TPSA) is 239 Å². The van der Waals surface area contributed by atoms with Crippen molar-refractivity contribution in [3.63, 3.8) is 0 Å². The SMILES string of the molecule is C[C@H]1O[C@@H](O[C@H]2CC[C@@]3(C)C(CC[C@]4(C)C3C(O)C=C3C5CC(C)(C)CC[C@]5(CO)[C@@H](O)C[C@]34C)[C@]2(C)CO)[C@H](O)[C@@H](O[C@@H]2O[C@H](CO)[C@@H](O)[C@H](O)[C@H]2O)[C@@H]1O. The normalized spacial score (nSPS) is 56.9. The summed E-state index contributed by atoms with van der Waals surface area (Å²) in [7, 11) is 0. The fraction of sp³-hybridized carbons (Fsp3) is 0.952. The van der Waals surface area contributed by atoms with Crippen LogP contribution in [0.15, 0.2) is 11.6 Å². The Bertz CT molecular complexity index is 1480. The summed E-state index contributed by atoms with van der Waals surface area (Å²) >= 11 is 0. The van der Waals surface area contributed by atoms with E-state index in [2.05, 4.69) is 40.7 Å². The lowest BCUT2D eigenvalue weighted by molar-refractivity contribution is -0.368. The minimum atomic E-state index is -1.75. The largest absolute Gasteiger partial charge is 0.396 e. The highest BCUT2D eigenvalue weighted by atomic mass is 16.7. The third-order valence-corrected chi connectivity index (χ3v) is 17.4. The van der Waals surface area contributed by atoms with E-state index in [0.717, 1.165) is 32.1 Å². The molecule has 322 valence electrons. The first-order valence-electron chi connectivity index (χ1n) is 21.0. The van der Waals surface area contributed by atoms with Crippen LogP contribution in [0.4, 0.5) is 0 Å². The van der Waals surface area contributed by atoms with Crippen LogP contribution in [0.1, 0.15) is 99.8 Å². The van der Waals surface area contributed by atoms with E-state index in [9.17, 15) is 51.1 Å². The second-order valence-corrected chi connectivity index (χ2v) is 20.8. The molecule has 14 nitrogen and oxygen atoms in total. The summed E-state index contributed by atoms with van der Waals surface area (Å²) in [5, 5.41) is 110. The van der Waals surface area contributed by atoms with Gasteiger partial charge in [-0.3, -0.25) is 0 Å². The van der Waals surface area contributed by atoms with Gasteiger partial charge in [0.2, 0.25) is 0 Å². The van der Waals surface area contributed by atoms with E-state index < -0.39 is 113 Å². The third-order valence-electron chi connectivity index (χ3n) is 17.4. The van der Waals surface area contributed by atoms with Gasteiger partial charge in [-0.05, 0) is 91.8 Å². The first kappa shape index (κ1) is 43.3. The minimum absolute atomic E-state index is 0.0351. The molecule has 0 aromatic heterocycles. The van der Waals surface area contributed by atoms with Crippen LogP contribution in [-0.4, -0.2) is 151 Å². The van der Waals surface area contributed by atoms with Crippen molar-refractivity contribution in [3.8, 4) is 0 Å². The standard InChI is InChI=1S/C42H70O14/c1-20-28(48)33(56-35-31(51)30(50)29(49)24(17-43)54-35)32(52)36(53-20)55-27-9-10-38(4)25(39(27,5)18-44)8-11-40(6)34(38)23(46)14-21-22-15-37(2,3)12-13-42(22,19-45)26(47)16-41(21,40)7/h14,20,22-36,43-52H,8-13,15-19H2,1-7H3/t20-,22?,23?,24-,25?,26+,27+,28-,29-,30+,31-,32-,33+,34?,35+,36+,38+,39+,40-,41-,42-/m1/s1. The second-order valence-electron chi connectivity index (χ2n) is 20.8. The summed E-state index contributed by atoms with van der Waals surface area (Å²) in [5.74, 6) is -0.373. The number of ether oxygens (including phenoxy) is 4. The molecule has 7 aliphatic rings. The molecule has 10 N–H and O–H groups in total. The van der Waals surface area contributed by atoms with Gasteiger partial charge in [0.05, 0.1) is 44.2 Å². The molecule has 5 aliphatic carbocycles. The van der Waals surface area contributed by atoms with E-state index in [1.807, 2.05) is 6.92 Å². The van der Waals surface area contributed by atoms with Crippen LogP contribution in [0.3, 0.4) is 0 Å². The Hall–Kier alpha value is -0.820. The Morgan fingerprint density at radius 2 is 1.39 bits per heavy atom. The van der Waals surface area contributed by atoms with Crippen LogP contribution in [-0.2, 0) is 18.9 Å². The van der Waals surface area contributed by atoms with Gasteiger partial charge in [-0.25, -0.2) is 0 Å². The summed E-state index contributed by atoms with van der Waals surface area (Å²) in [6, 6.07) is 0. The zero-order chi connectivity index (χ0) is 41.1. The molecular formula is C42H70O14. The van der Waals surface area contributed by atoms with Crippen molar-refractivity contribution in [2.75, 3.05) is 19.8 Å². The first-order chi connectivity index (χ1) is 26.1. The molecule has 0 aromatic carbocycles. The van der Waals surface area contributed by atoms with Crippen molar-refractivity contribution in [1.82, 2.24) is 0 Å². The van der Waals surface area contributed by atoms with Gasteiger partial charge in [-0.15, -0.1) is 0 Å². The lowest BCUT2D eigenvalue weighted by Gasteiger charge is -2.72. The number of fused-ring (bicyclic) bond motifs is 7. The van der Waals surface area contributed by atoms with E-state index in [1.165, 1.54) is 5.57 Å². The van der Waals surface area contributed by atoms with Crippen molar-refractivity contribution in [2.24, 2.45) is 50.2 Å². The average molecular weight is 799 g/mol. The monoisotopic (exact) mass is 798 g/mol. The van der Waals surface area contributed by atoms with Crippen molar-refractivity contribution in [3.05, 3.63) is 11.6 Å². The highest BCUT2D eigenvalue weighted by molar-refractivity contribution is 5.37. The smallest absolute Gasteiger partial charge is 0.187 e. The molecule has 6 fully saturated rings. The van der Waals surface area contributed by atoms with Crippen molar-refractivity contribution in [2.45, 2.75) is 180 Å². The van der Waals surface area contributed by atoms with Crippen LogP contribution in [0.5, 0.6) is 0 Å². The van der Waals surface area contributed by atoms with E-state index in [4.69, 9.17) is 18.9 Å². The molecule has 0 aromatic rings. The fourth-order valence-electron chi connectivity index (χ4n) is 13.8. The highest BCUT2D eigenvalue weighted by Crippen LogP contribution is 2.76. The Balaban J connectivity index is 1.15. The molecule has 21 atom stereocenters. The summed E-state index contributed by atoms with van der Waals surface area (Å²) in [4.78, 5) is 0. The number of aliphatic hydroxyl groups is 10. The van der Waals surface area contributed by atoms with Crippen LogP contribution in [0.2, 0.25) is 0 Å². The molecule has 4 unspecified atom stereocenters. The summed E-state index contributed by atoms with van der Waals surface area (Å²) in [6.07, 6.45) is -9.02. The predicted molar refractivity (Wildman–Crippen MR) is 200 cm³/mol. The van der Waals surface area contributed by atoms with E-state index in [-0.39, 0.29) is 36.4 Å². The molecule has 2 heterocycles. The molecule has 2 saturated heterocycles. The molecule has 14 heteroatoms. The van der Waals surface area contributed by atoms with Gasteiger partial charge in [0.1, 0.15) is 42.7 Å². The Labute approximate surface area is 330 Å². The molecule has 4 saturated carbocycles. The Morgan fingerprint density at radius 3 is 2.04 bits per heavy atom.